The lowest BCUT2D eigenvalue weighted by molar-refractivity contribution is 0.0230. The molecule has 0 saturated heterocycles. The first-order chi connectivity index (χ1) is 9.95. The molecule has 0 aromatic heterocycles. The number of hydrogen-bond donors (Lipinski definition) is 1. The molecule has 0 unspecified atom stereocenters. The predicted molar refractivity (Wildman–Crippen MR) is 80.5 cm³/mol. The van der Waals surface area contributed by atoms with Gasteiger partial charge in [0.1, 0.15) is 0 Å². The van der Waals surface area contributed by atoms with Crippen molar-refractivity contribution < 1.29 is 14.4 Å². The van der Waals surface area contributed by atoms with Crippen LogP contribution < -0.4 is 5.48 Å². The fraction of sp³-hybridized carbons (Fsp3) is 0.0667. The van der Waals surface area contributed by atoms with Crippen molar-refractivity contribution in [2.45, 2.75) is 6.92 Å². The van der Waals surface area contributed by atoms with E-state index in [0.29, 0.717) is 15.6 Å². The highest BCUT2D eigenvalue weighted by atomic mass is 35.5. The standard InChI is InChI=1S/C15H11Cl2NO3/c1-9-2-4-10(5-3-9)14(19)18-21-15(20)11-6-12(16)8-13(17)7-11/h2-8H,1H3,(H,18,19). The lowest BCUT2D eigenvalue weighted by Gasteiger charge is -2.06. The molecule has 0 fully saturated rings. The summed E-state index contributed by atoms with van der Waals surface area (Å²) in [4.78, 5) is 28.3. The molecule has 4 nitrogen and oxygen atoms in total. The smallest absolute Gasteiger partial charge is 0.335 e. The Bertz CT molecular complexity index is 664. The molecule has 0 bridgehead atoms. The van der Waals surface area contributed by atoms with Gasteiger partial charge in [0.15, 0.2) is 0 Å². The monoisotopic (exact) mass is 323 g/mol. The van der Waals surface area contributed by atoms with Crippen molar-refractivity contribution in [3.63, 3.8) is 0 Å². The van der Waals surface area contributed by atoms with Crippen LogP contribution in [0.15, 0.2) is 42.5 Å². The summed E-state index contributed by atoms with van der Waals surface area (Å²) in [5.41, 5.74) is 3.64. The summed E-state index contributed by atoms with van der Waals surface area (Å²) in [6.45, 7) is 1.91. The highest BCUT2D eigenvalue weighted by molar-refractivity contribution is 6.35. The largest absolute Gasteiger partial charge is 0.363 e. The zero-order valence-corrected chi connectivity index (χ0v) is 12.5. The zero-order valence-electron chi connectivity index (χ0n) is 11.0. The van der Waals surface area contributed by atoms with Gasteiger partial charge in [-0.3, -0.25) is 4.79 Å². The number of amides is 1. The summed E-state index contributed by atoms with van der Waals surface area (Å²) in [7, 11) is 0. The van der Waals surface area contributed by atoms with Gasteiger partial charge >= 0.3 is 5.97 Å². The fourth-order valence-electron chi connectivity index (χ4n) is 1.59. The SMILES string of the molecule is Cc1ccc(C(=O)NOC(=O)c2cc(Cl)cc(Cl)c2)cc1. The van der Waals surface area contributed by atoms with Crippen LogP contribution in [0.5, 0.6) is 0 Å². The number of benzene rings is 2. The summed E-state index contributed by atoms with van der Waals surface area (Å²) in [5.74, 6) is -1.27. The summed E-state index contributed by atoms with van der Waals surface area (Å²) >= 11 is 11.6. The van der Waals surface area contributed by atoms with Crippen LogP contribution in [-0.2, 0) is 4.84 Å². The van der Waals surface area contributed by atoms with Crippen molar-refractivity contribution >= 4 is 35.1 Å². The molecule has 0 radical (unpaired) electrons. The molecule has 6 heteroatoms. The molecule has 0 spiro atoms. The third-order valence-electron chi connectivity index (χ3n) is 2.65. The van der Waals surface area contributed by atoms with E-state index in [1.807, 2.05) is 6.92 Å². The molecule has 21 heavy (non-hydrogen) atoms. The van der Waals surface area contributed by atoms with E-state index < -0.39 is 11.9 Å². The number of aryl methyl sites for hydroxylation is 1. The molecule has 108 valence electrons. The van der Waals surface area contributed by atoms with Gasteiger partial charge < -0.3 is 4.84 Å². The van der Waals surface area contributed by atoms with E-state index in [2.05, 4.69) is 5.48 Å². The molecule has 2 rings (SSSR count). The first kappa shape index (κ1) is 15.4. The molecule has 0 saturated carbocycles. The predicted octanol–water partition coefficient (Wildman–Crippen LogP) is 3.80. The summed E-state index contributed by atoms with van der Waals surface area (Å²) < 4.78 is 0. The Hall–Kier alpha value is -2.04. The Morgan fingerprint density at radius 3 is 2.10 bits per heavy atom. The topological polar surface area (TPSA) is 55.4 Å². The Balaban J connectivity index is 2.00. The van der Waals surface area contributed by atoms with E-state index in [4.69, 9.17) is 28.0 Å². The lowest BCUT2D eigenvalue weighted by atomic mass is 10.1. The van der Waals surface area contributed by atoms with Crippen LogP contribution >= 0.6 is 23.2 Å². The van der Waals surface area contributed by atoms with Gasteiger partial charge in [0.2, 0.25) is 0 Å². The number of hydroxylamine groups is 1. The van der Waals surface area contributed by atoms with Gasteiger partial charge in [-0.1, -0.05) is 40.9 Å². The quantitative estimate of drug-likeness (QED) is 0.855. The number of hydrogen-bond acceptors (Lipinski definition) is 3. The fourth-order valence-corrected chi connectivity index (χ4v) is 2.11. The van der Waals surface area contributed by atoms with Gasteiger partial charge in [-0.05, 0) is 37.3 Å². The second-order valence-electron chi connectivity index (χ2n) is 4.34. The number of carbonyl (C=O) groups excluding carboxylic acids is 2. The Kier molecular flexibility index (Phi) is 4.83. The molecule has 2 aromatic carbocycles. The van der Waals surface area contributed by atoms with Gasteiger partial charge in [0.05, 0.1) is 5.56 Å². The van der Waals surface area contributed by atoms with E-state index in [9.17, 15) is 9.59 Å². The van der Waals surface area contributed by atoms with Crippen LogP contribution in [0.2, 0.25) is 10.0 Å². The van der Waals surface area contributed by atoms with E-state index in [1.54, 1.807) is 24.3 Å². The Morgan fingerprint density at radius 2 is 1.52 bits per heavy atom. The van der Waals surface area contributed by atoms with Crippen molar-refractivity contribution in [2.75, 3.05) is 0 Å². The number of rotatable bonds is 2. The van der Waals surface area contributed by atoms with Gasteiger partial charge in [0, 0.05) is 15.6 Å². The second kappa shape index (κ2) is 6.61. The minimum atomic E-state index is -0.750. The number of nitrogens with one attached hydrogen (secondary N) is 1. The average molecular weight is 324 g/mol. The molecule has 0 aliphatic carbocycles. The molecule has 1 amide bonds. The molecule has 0 aliphatic heterocycles. The summed E-state index contributed by atoms with van der Waals surface area (Å²) in [6.07, 6.45) is 0. The van der Waals surface area contributed by atoms with Crippen molar-refractivity contribution in [3.05, 3.63) is 69.2 Å². The minimum absolute atomic E-state index is 0.150. The molecular formula is C15H11Cl2NO3. The first-order valence-corrected chi connectivity index (χ1v) is 6.75. The Labute approximate surface area is 131 Å². The Morgan fingerprint density at radius 1 is 0.952 bits per heavy atom. The van der Waals surface area contributed by atoms with Gasteiger partial charge in [-0.25, -0.2) is 4.79 Å². The van der Waals surface area contributed by atoms with E-state index in [1.165, 1.54) is 18.2 Å². The van der Waals surface area contributed by atoms with Crippen LogP contribution in [0.4, 0.5) is 0 Å². The average Bonchev–Trinajstić information content (AvgIpc) is 2.44. The molecule has 0 heterocycles. The molecule has 0 atom stereocenters. The first-order valence-electron chi connectivity index (χ1n) is 6.00. The van der Waals surface area contributed by atoms with Gasteiger partial charge in [-0.2, -0.15) is 5.48 Å². The molecule has 1 N–H and O–H groups in total. The lowest BCUT2D eigenvalue weighted by Crippen LogP contribution is -2.27. The second-order valence-corrected chi connectivity index (χ2v) is 5.22. The summed E-state index contributed by atoms with van der Waals surface area (Å²) in [5, 5.41) is 0.610. The third kappa shape index (κ3) is 4.21. The van der Waals surface area contributed by atoms with Crippen LogP contribution in [0.3, 0.4) is 0 Å². The van der Waals surface area contributed by atoms with Gasteiger partial charge in [-0.15, -0.1) is 0 Å². The van der Waals surface area contributed by atoms with Gasteiger partial charge in [0.25, 0.3) is 5.91 Å². The van der Waals surface area contributed by atoms with E-state index in [0.717, 1.165) is 5.56 Å². The van der Waals surface area contributed by atoms with Crippen molar-refractivity contribution in [1.29, 1.82) is 0 Å². The van der Waals surface area contributed by atoms with Crippen LogP contribution in [0.25, 0.3) is 0 Å². The zero-order chi connectivity index (χ0) is 15.4. The van der Waals surface area contributed by atoms with Crippen LogP contribution in [0.1, 0.15) is 26.3 Å². The molecular weight excluding hydrogens is 313 g/mol. The minimum Gasteiger partial charge on any atom is -0.335 e. The van der Waals surface area contributed by atoms with Crippen LogP contribution in [0, 0.1) is 6.92 Å². The maximum absolute atomic E-state index is 11.8. The van der Waals surface area contributed by atoms with E-state index in [-0.39, 0.29) is 5.56 Å². The van der Waals surface area contributed by atoms with Crippen LogP contribution in [-0.4, -0.2) is 11.9 Å². The highest BCUT2D eigenvalue weighted by Crippen LogP contribution is 2.19. The molecule has 0 aliphatic rings. The maximum atomic E-state index is 11.8. The molecule has 2 aromatic rings. The summed E-state index contributed by atoms with van der Waals surface area (Å²) in [6, 6.07) is 11.1. The number of halogens is 2. The van der Waals surface area contributed by atoms with Crippen molar-refractivity contribution in [2.24, 2.45) is 0 Å². The third-order valence-corrected chi connectivity index (χ3v) is 3.08. The number of carbonyl (C=O) groups is 2. The van der Waals surface area contributed by atoms with Crippen molar-refractivity contribution in [1.82, 2.24) is 5.48 Å². The van der Waals surface area contributed by atoms with Crippen molar-refractivity contribution in [3.8, 4) is 0 Å². The highest BCUT2D eigenvalue weighted by Gasteiger charge is 2.12. The van der Waals surface area contributed by atoms with E-state index >= 15 is 0 Å². The maximum Gasteiger partial charge on any atom is 0.363 e. The normalized spacial score (nSPS) is 10.0.